The van der Waals surface area contributed by atoms with E-state index >= 15 is 0 Å². The largest absolute Gasteiger partial charge is 0.383 e. The van der Waals surface area contributed by atoms with Crippen molar-refractivity contribution in [2.24, 2.45) is 7.05 Å². The molecule has 2 N–H and O–H groups in total. The summed E-state index contributed by atoms with van der Waals surface area (Å²) in [6.07, 6.45) is 1.62. The Morgan fingerprint density at radius 3 is 3.07 bits per heavy atom. The zero-order chi connectivity index (χ0) is 10.4. The number of urea groups is 1. The third-order valence-electron chi connectivity index (χ3n) is 1.65. The molecular formula is C8H14N4O2. The van der Waals surface area contributed by atoms with Crippen LogP contribution in [0.3, 0.4) is 0 Å². The maximum absolute atomic E-state index is 11.2. The number of aryl methyl sites for hydroxylation is 1. The lowest BCUT2D eigenvalue weighted by atomic mass is 10.6. The fraction of sp³-hybridized carbons (Fsp3) is 0.500. The molecule has 0 aliphatic heterocycles. The summed E-state index contributed by atoms with van der Waals surface area (Å²) in [5.41, 5.74) is 0. The van der Waals surface area contributed by atoms with Crippen molar-refractivity contribution in [3.63, 3.8) is 0 Å². The number of methoxy groups -OCH3 is 1. The van der Waals surface area contributed by atoms with E-state index < -0.39 is 0 Å². The van der Waals surface area contributed by atoms with Gasteiger partial charge in [-0.3, -0.25) is 10.00 Å². The van der Waals surface area contributed by atoms with Crippen molar-refractivity contribution in [1.82, 2.24) is 15.1 Å². The molecule has 0 radical (unpaired) electrons. The van der Waals surface area contributed by atoms with Gasteiger partial charge < -0.3 is 10.1 Å². The molecule has 2 amide bonds. The average Bonchev–Trinajstić information content (AvgIpc) is 2.52. The standard InChI is InChI=1S/C8H14N4O2/c1-12-7(3-4-10-12)11-8(13)9-5-6-14-2/h3-4H,5-6H2,1-2H3,(H2,9,11,13). The quantitative estimate of drug-likeness (QED) is 0.678. The lowest BCUT2D eigenvalue weighted by Crippen LogP contribution is -2.32. The van der Waals surface area contributed by atoms with E-state index in [1.807, 2.05) is 0 Å². The maximum Gasteiger partial charge on any atom is 0.320 e. The Kier molecular flexibility index (Phi) is 3.93. The van der Waals surface area contributed by atoms with Crippen molar-refractivity contribution in [2.75, 3.05) is 25.6 Å². The van der Waals surface area contributed by atoms with Crippen LogP contribution in [0.4, 0.5) is 10.6 Å². The molecule has 1 heterocycles. The Labute approximate surface area is 82.2 Å². The number of ether oxygens (including phenoxy) is 1. The number of amides is 2. The van der Waals surface area contributed by atoms with Crippen LogP contribution in [0.5, 0.6) is 0 Å². The normalized spacial score (nSPS) is 9.86. The molecule has 14 heavy (non-hydrogen) atoms. The van der Waals surface area contributed by atoms with Crippen molar-refractivity contribution in [1.29, 1.82) is 0 Å². The van der Waals surface area contributed by atoms with E-state index in [9.17, 15) is 4.79 Å². The third-order valence-corrected chi connectivity index (χ3v) is 1.65. The number of carbonyl (C=O) groups excluding carboxylic acids is 1. The molecule has 0 spiro atoms. The maximum atomic E-state index is 11.2. The molecule has 1 aromatic rings. The number of nitrogens with zero attached hydrogens (tertiary/aromatic N) is 2. The highest BCUT2D eigenvalue weighted by Crippen LogP contribution is 2.01. The number of anilines is 1. The first-order chi connectivity index (χ1) is 6.74. The van der Waals surface area contributed by atoms with Crippen LogP contribution < -0.4 is 10.6 Å². The van der Waals surface area contributed by atoms with Crippen LogP contribution in [0.1, 0.15) is 0 Å². The van der Waals surface area contributed by atoms with E-state index in [0.29, 0.717) is 19.0 Å². The van der Waals surface area contributed by atoms with Crippen LogP contribution in [0.2, 0.25) is 0 Å². The minimum Gasteiger partial charge on any atom is -0.383 e. The van der Waals surface area contributed by atoms with Gasteiger partial charge in [-0.25, -0.2) is 4.79 Å². The monoisotopic (exact) mass is 198 g/mol. The highest BCUT2D eigenvalue weighted by atomic mass is 16.5. The number of carbonyl (C=O) groups is 1. The minimum atomic E-state index is -0.259. The van der Waals surface area contributed by atoms with Crippen molar-refractivity contribution in [2.45, 2.75) is 0 Å². The van der Waals surface area contributed by atoms with Crippen LogP contribution in [0.25, 0.3) is 0 Å². The topological polar surface area (TPSA) is 68.2 Å². The summed E-state index contributed by atoms with van der Waals surface area (Å²) in [6.45, 7) is 0.985. The van der Waals surface area contributed by atoms with E-state index in [-0.39, 0.29) is 6.03 Å². The smallest absolute Gasteiger partial charge is 0.320 e. The fourth-order valence-corrected chi connectivity index (χ4v) is 0.924. The summed E-state index contributed by atoms with van der Waals surface area (Å²) in [4.78, 5) is 11.2. The molecule has 1 rings (SSSR count). The number of aromatic nitrogens is 2. The van der Waals surface area contributed by atoms with Gasteiger partial charge in [0.25, 0.3) is 0 Å². The number of hydrogen-bond donors (Lipinski definition) is 2. The Hall–Kier alpha value is -1.56. The van der Waals surface area contributed by atoms with Crippen LogP contribution in [0, 0.1) is 0 Å². The molecule has 1 aromatic heterocycles. The van der Waals surface area contributed by atoms with Gasteiger partial charge in [0.2, 0.25) is 0 Å². The van der Waals surface area contributed by atoms with Crippen molar-refractivity contribution >= 4 is 11.8 Å². The van der Waals surface area contributed by atoms with Gasteiger partial charge >= 0.3 is 6.03 Å². The molecule has 0 unspecified atom stereocenters. The number of hydrogen-bond acceptors (Lipinski definition) is 3. The molecule has 0 atom stereocenters. The molecular weight excluding hydrogens is 184 g/mol. The molecule has 6 heteroatoms. The van der Waals surface area contributed by atoms with E-state index in [4.69, 9.17) is 4.74 Å². The molecule has 6 nitrogen and oxygen atoms in total. The SMILES string of the molecule is COCCNC(=O)Nc1ccnn1C. The molecule has 0 fully saturated rings. The summed E-state index contributed by atoms with van der Waals surface area (Å²) < 4.78 is 6.37. The summed E-state index contributed by atoms with van der Waals surface area (Å²) in [6, 6.07) is 1.46. The van der Waals surface area contributed by atoms with Crippen LogP contribution >= 0.6 is 0 Å². The summed E-state index contributed by atoms with van der Waals surface area (Å²) >= 11 is 0. The minimum absolute atomic E-state index is 0.259. The van der Waals surface area contributed by atoms with Crippen molar-refractivity contribution in [3.05, 3.63) is 12.3 Å². The van der Waals surface area contributed by atoms with Gasteiger partial charge in [0.1, 0.15) is 5.82 Å². The van der Waals surface area contributed by atoms with Crippen LogP contribution in [0.15, 0.2) is 12.3 Å². The molecule has 0 saturated carbocycles. The van der Waals surface area contributed by atoms with Crippen LogP contribution in [-0.2, 0) is 11.8 Å². The molecule has 0 bridgehead atoms. The number of nitrogens with one attached hydrogen (secondary N) is 2. The van der Waals surface area contributed by atoms with E-state index in [2.05, 4.69) is 15.7 Å². The van der Waals surface area contributed by atoms with E-state index in [1.54, 1.807) is 31.1 Å². The summed E-state index contributed by atoms with van der Waals surface area (Å²) in [7, 11) is 3.34. The molecule has 0 aliphatic rings. The van der Waals surface area contributed by atoms with Gasteiger partial charge in [0.05, 0.1) is 12.8 Å². The molecule has 0 aromatic carbocycles. The highest BCUT2D eigenvalue weighted by Gasteiger charge is 2.02. The second-order valence-electron chi connectivity index (χ2n) is 2.71. The van der Waals surface area contributed by atoms with Gasteiger partial charge in [0, 0.05) is 26.8 Å². The molecule has 0 aliphatic carbocycles. The van der Waals surface area contributed by atoms with E-state index in [0.717, 1.165) is 0 Å². The predicted octanol–water partition coefficient (Wildman–Crippen LogP) is 0.188. The first kappa shape index (κ1) is 10.5. The summed E-state index contributed by atoms with van der Waals surface area (Å²) in [5, 5.41) is 9.19. The zero-order valence-corrected chi connectivity index (χ0v) is 8.28. The third kappa shape index (κ3) is 3.06. The Bertz CT molecular complexity index is 297. The van der Waals surface area contributed by atoms with Gasteiger partial charge in [0.15, 0.2) is 0 Å². The van der Waals surface area contributed by atoms with Gasteiger partial charge in [-0.2, -0.15) is 5.10 Å². The molecule has 78 valence electrons. The van der Waals surface area contributed by atoms with Crippen LogP contribution in [-0.4, -0.2) is 36.1 Å². The second kappa shape index (κ2) is 5.23. The average molecular weight is 198 g/mol. The van der Waals surface area contributed by atoms with Crippen molar-refractivity contribution < 1.29 is 9.53 Å². The number of rotatable bonds is 4. The Morgan fingerprint density at radius 1 is 1.71 bits per heavy atom. The summed E-state index contributed by atoms with van der Waals surface area (Å²) in [5.74, 6) is 0.653. The van der Waals surface area contributed by atoms with Gasteiger partial charge in [-0.05, 0) is 0 Å². The lowest BCUT2D eigenvalue weighted by Gasteiger charge is -2.06. The first-order valence-corrected chi connectivity index (χ1v) is 4.26. The lowest BCUT2D eigenvalue weighted by molar-refractivity contribution is 0.198. The molecule has 0 saturated heterocycles. The predicted molar refractivity (Wildman–Crippen MR) is 52.1 cm³/mol. The van der Waals surface area contributed by atoms with Crippen molar-refractivity contribution in [3.8, 4) is 0 Å². The first-order valence-electron chi connectivity index (χ1n) is 4.26. The van der Waals surface area contributed by atoms with Gasteiger partial charge in [-0.15, -0.1) is 0 Å². The zero-order valence-electron chi connectivity index (χ0n) is 8.28. The Morgan fingerprint density at radius 2 is 2.50 bits per heavy atom. The van der Waals surface area contributed by atoms with Gasteiger partial charge in [-0.1, -0.05) is 0 Å². The highest BCUT2D eigenvalue weighted by molar-refractivity contribution is 5.88. The fourth-order valence-electron chi connectivity index (χ4n) is 0.924. The second-order valence-corrected chi connectivity index (χ2v) is 2.71. The Balaban J connectivity index is 2.31. The van der Waals surface area contributed by atoms with E-state index in [1.165, 1.54) is 0 Å².